The summed E-state index contributed by atoms with van der Waals surface area (Å²) >= 11 is 0. The van der Waals surface area contributed by atoms with Gasteiger partial charge in [0, 0.05) is 5.69 Å². The molecule has 5 aromatic rings. The van der Waals surface area contributed by atoms with Gasteiger partial charge in [0.1, 0.15) is 15.5 Å². The minimum absolute atomic E-state index is 0. The second-order valence-corrected chi connectivity index (χ2v) is 11.9. The number of rotatable bonds is 9. The van der Waals surface area contributed by atoms with Crippen LogP contribution in [0, 0.1) is 13.8 Å². The maximum absolute atomic E-state index is 13.0. The number of carboxylic acid groups (broad SMARTS) is 1. The third-order valence-corrected chi connectivity index (χ3v) is 7.94. The summed E-state index contributed by atoms with van der Waals surface area (Å²) in [5, 5.41) is 50.0. The first-order valence-electron chi connectivity index (χ1n) is 14.1. The largest absolute Gasteiger partial charge is 2.00 e. The molecule has 0 saturated heterocycles. The number of hydrogen-bond donors (Lipinski definition) is 2. The monoisotopic (exact) mass is 787 g/mol. The molecule has 15 nitrogen and oxygen atoms in total. The molecule has 0 heterocycles. The summed E-state index contributed by atoms with van der Waals surface area (Å²) in [4.78, 5) is 35.9. The molecule has 0 saturated carbocycles. The minimum atomic E-state index is -4.85. The number of nitrogens with zero attached hydrogens (tertiary/aromatic N) is 4. The van der Waals surface area contributed by atoms with Crippen LogP contribution in [0.1, 0.15) is 21.5 Å². The molecule has 1 radical (unpaired) electrons. The van der Waals surface area contributed by atoms with E-state index in [2.05, 4.69) is 31.3 Å². The number of carbonyl (C=O) groups is 1. The Balaban J connectivity index is 0.00000312. The number of aryl methyl sites for hydroxylation is 2. The Bertz CT molecular complexity index is 2530. The van der Waals surface area contributed by atoms with E-state index in [9.17, 15) is 42.7 Å². The van der Waals surface area contributed by atoms with Crippen molar-refractivity contribution in [1.82, 2.24) is 0 Å². The van der Waals surface area contributed by atoms with Crippen LogP contribution in [0.4, 0.5) is 22.7 Å². The Labute approximate surface area is 350 Å². The standard InChI is InChI=1S/C33H26N6O9S.Cu.2Na/c1-17-13-19(3-7-24(17)35-34-21-5-10-28(40)23(15-21)33(44)45)20-4-8-25(18(2)14-20)36-39-31-30(42)12-9-26(32(31)43)37-38-27-16-22(49(46,47)48)6-11-29(27)41;;;/h3-16,36,38,40-41H,1-2H3,(H,44,45)(H,46,47,48);;;/q;+2;2*+1/p-4/b35-34?,37-26+,39-31-;;;. The molecule has 0 aliphatic heterocycles. The zero-order valence-electron chi connectivity index (χ0n) is 27.8. The summed E-state index contributed by atoms with van der Waals surface area (Å²) in [6.45, 7) is 3.60. The molecule has 0 fully saturated rings. The predicted octanol–water partition coefficient (Wildman–Crippen LogP) is -4.74. The van der Waals surface area contributed by atoms with Crippen LogP contribution < -0.4 is 107 Å². The number of anilines is 2. The molecule has 0 aliphatic carbocycles. The van der Waals surface area contributed by atoms with Crippen LogP contribution in [0.5, 0.6) is 11.5 Å². The van der Waals surface area contributed by atoms with Crippen LogP contribution in [0.2, 0.25) is 0 Å². The first-order chi connectivity index (χ1) is 23.2. The number of hydrogen-bond acceptors (Lipinski definition) is 15. The van der Waals surface area contributed by atoms with Crippen LogP contribution in [-0.4, -0.2) is 18.9 Å². The van der Waals surface area contributed by atoms with Gasteiger partial charge in [-0.25, -0.2) is 8.42 Å². The van der Waals surface area contributed by atoms with E-state index in [4.69, 9.17) is 0 Å². The predicted molar refractivity (Wildman–Crippen MR) is 169 cm³/mol. The van der Waals surface area contributed by atoms with Crippen LogP contribution in [-0.2, 0) is 27.2 Å². The van der Waals surface area contributed by atoms with Crippen molar-refractivity contribution in [3.05, 3.63) is 133 Å². The van der Waals surface area contributed by atoms with E-state index in [-0.39, 0.29) is 92.9 Å². The molecule has 19 heteroatoms. The summed E-state index contributed by atoms with van der Waals surface area (Å²) < 4.78 is 33.8. The van der Waals surface area contributed by atoms with Crippen molar-refractivity contribution < 1.29 is 109 Å². The van der Waals surface area contributed by atoms with Crippen molar-refractivity contribution in [1.29, 1.82) is 0 Å². The molecule has 5 rings (SSSR count). The van der Waals surface area contributed by atoms with E-state index >= 15 is 0 Å². The van der Waals surface area contributed by atoms with E-state index < -0.39 is 54.3 Å². The molecule has 0 aromatic heterocycles. The molecule has 0 aliphatic rings. The minimum Gasteiger partial charge on any atom is -0.872 e. The molecular weight excluding hydrogens is 766 g/mol. The van der Waals surface area contributed by atoms with E-state index in [1.807, 2.05) is 25.1 Å². The van der Waals surface area contributed by atoms with E-state index in [0.717, 1.165) is 59.2 Å². The number of carboxylic acids is 1. The fourth-order valence-electron chi connectivity index (χ4n) is 4.49. The van der Waals surface area contributed by atoms with E-state index in [1.165, 1.54) is 6.07 Å². The van der Waals surface area contributed by atoms with Gasteiger partial charge in [0.25, 0.3) is 0 Å². The van der Waals surface area contributed by atoms with Crippen molar-refractivity contribution in [3.63, 3.8) is 0 Å². The van der Waals surface area contributed by atoms with Gasteiger partial charge in [0.05, 0.1) is 27.9 Å². The van der Waals surface area contributed by atoms with E-state index in [1.54, 1.807) is 25.1 Å². The molecule has 257 valence electrons. The average molecular weight is 788 g/mol. The number of nitrogens with one attached hydrogen (secondary N) is 2. The van der Waals surface area contributed by atoms with Crippen LogP contribution >= 0.6 is 0 Å². The first-order valence-corrected chi connectivity index (χ1v) is 15.5. The second-order valence-electron chi connectivity index (χ2n) is 10.5. The average Bonchev–Trinajstić information content (AvgIpc) is 3.05. The molecular formula is C33H22CuN6Na2O9S. The Morgan fingerprint density at radius 1 is 0.712 bits per heavy atom. The van der Waals surface area contributed by atoms with Crippen molar-refractivity contribution in [2.24, 2.45) is 20.4 Å². The first kappa shape index (κ1) is 44.2. The zero-order valence-corrected chi connectivity index (χ0v) is 33.5. The van der Waals surface area contributed by atoms with Gasteiger partial charge in [-0.05, 0) is 102 Å². The third-order valence-electron chi connectivity index (χ3n) is 7.11. The normalized spacial score (nSPS) is 11.7. The fraction of sp³-hybridized carbons (Fsp3) is 0.0606. The van der Waals surface area contributed by atoms with Gasteiger partial charge in [0.15, 0.2) is 5.36 Å². The number of carbonyl (C=O) groups excluding carboxylic acids is 1. The van der Waals surface area contributed by atoms with Gasteiger partial charge in [-0.3, -0.25) is 20.4 Å². The molecule has 0 amide bonds. The summed E-state index contributed by atoms with van der Waals surface area (Å²) in [5.41, 5.74) is 6.83. The van der Waals surface area contributed by atoms with Gasteiger partial charge < -0.3 is 24.7 Å². The zero-order chi connectivity index (χ0) is 35.5. The van der Waals surface area contributed by atoms with Gasteiger partial charge in [-0.1, -0.05) is 35.8 Å². The Morgan fingerprint density at radius 2 is 1.35 bits per heavy atom. The van der Waals surface area contributed by atoms with Crippen LogP contribution in [0.25, 0.3) is 11.1 Å². The molecule has 52 heavy (non-hydrogen) atoms. The van der Waals surface area contributed by atoms with Crippen molar-refractivity contribution in [2.75, 3.05) is 10.9 Å². The molecule has 5 aromatic carbocycles. The maximum Gasteiger partial charge on any atom is 2.00 e. The fourth-order valence-corrected chi connectivity index (χ4v) is 4.99. The smallest absolute Gasteiger partial charge is 0.872 e. The molecule has 2 N–H and O–H groups in total. The number of azo groups is 1. The van der Waals surface area contributed by atoms with Crippen LogP contribution in [0.3, 0.4) is 0 Å². The van der Waals surface area contributed by atoms with Crippen molar-refractivity contribution in [3.8, 4) is 22.6 Å². The van der Waals surface area contributed by atoms with Crippen molar-refractivity contribution >= 4 is 38.8 Å². The van der Waals surface area contributed by atoms with E-state index in [0.29, 0.717) is 16.9 Å². The summed E-state index contributed by atoms with van der Waals surface area (Å²) in [7, 11) is -4.85. The Kier molecular flexibility index (Phi) is 15.8. The van der Waals surface area contributed by atoms with Gasteiger partial charge in [-0.2, -0.15) is 20.4 Å². The number of aromatic carboxylic acids is 1. The second kappa shape index (κ2) is 18.7. The molecule has 0 spiro atoms. The van der Waals surface area contributed by atoms with Crippen molar-refractivity contribution in [2.45, 2.75) is 18.7 Å². The Morgan fingerprint density at radius 3 is 1.98 bits per heavy atom. The van der Waals surface area contributed by atoms with Gasteiger partial charge in [-0.15, -0.1) is 0 Å². The summed E-state index contributed by atoms with van der Waals surface area (Å²) in [6, 6.07) is 18.9. The maximum atomic E-state index is 13.0. The molecule has 0 unspecified atom stereocenters. The molecule has 0 atom stereocenters. The summed E-state index contributed by atoms with van der Waals surface area (Å²) in [6.07, 6.45) is 0. The quantitative estimate of drug-likeness (QED) is 0.0621. The Hall–Kier alpha value is -4.00. The topological polar surface area (TPSA) is 251 Å². The van der Waals surface area contributed by atoms with Crippen LogP contribution in [0.15, 0.2) is 120 Å². The SMILES string of the molecule is Cc1cc(-c2ccc(N/N=c3/c(=O)cc/c(=N\Nc4cc(S(=O)(=O)[O-])ccc4[O-])c3=O)c(C)c2)ccc1N=Nc1ccc([O-])c(C(=O)[O-])c1.[Cu+2].[Na+].[Na+]. The van der Waals surface area contributed by atoms with Gasteiger partial charge >= 0.3 is 76.2 Å². The summed E-state index contributed by atoms with van der Waals surface area (Å²) in [5.74, 6) is -2.97. The number of benzene rings is 5. The molecule has 0 bridgehead atoms. The van der Waals surface area contributed by atoms with Gasteiger partial charge in [0.2, 0.25) is 10.9 Å². The third kappa shape index (κ3) is 10.5.